The molecule has 3 rings (SSSR count). The van der Waals surface area contributed by atoms with Crippen molar-refractivity contribution in [2.75, 3.05) is 5.32 Å². The molecule has 0 radical (unpaired) electrons. The number of aromatic nitrogens is 2. The van der Waals surface area contributed by atoms with E-state index in [1.54, 1.807) is 35.3 Å². The SMILES string of the molecule is O=C(Cc1ccc(Cl)c(Cl)c1)Nc1cnn(Cc2ccccc2)c1. The van der Waals surface area contributed by atoms with E-state index in [9.17, 15) is 4.79 Å². The first kappa shape index (κ1) is 16.6. The Hall–Kier alpha value is -2.30. The van der Waals surface area contributed by atoms with E-state index < -0.39 is 0 Å². The first-order valence-electron chi connectivity index (χ1n) is 7.40. The lowest BCUT2D eigenvalue weighted by atomic mass is 10.1. The normalized spacial score (nSPS) is 10.6. The van der Waals surface area contributed by atoms with Gasteiger partial charge in [0.2, 0.25) is 5.91 Å². The Balaban J connectivity index is 1.59. The lowest BCUT2D eigenvalue weighted by molar-refractivity contribution is -0.115. The Bertz CT molecular complexity index is 846. The summed E-state index contributed by atoms with van der Waals surface area (Å²) in [5.41, 5.74) is 2.61. The first-order chi connectivity index (χ1) is 11.6. The van der Waals surface area contributed by atoms with Crippen LogP contribution in [0.15, 0.2) is 60.9 Å². The molecule has 0 fully saturated rings. The minimum absolute atomic E-state index is 0.132. The van der Waals surface area contributed by atoms with Gasteiger partial charge >= 0.3 is 0 Å². The number of carbonyl (C=O) groups excluding carboxylic acids is 1. The quantitative estimate of drug-likeness (QED) is 0.732. The van der Waals surface area contributed by atoms with Gasteiger partial charge in [-0.1, -0.05) is 59.6 Å². The van der Waals surface area contributed by atoms with E-state index in [0.717, 1.165) is 11.1 Å². The number of halogens is 2. The molecule has 0 aliphatic heterocycles. The van der Waals surface area contributed by atoms with E-state index in [1.165, 1.54) is 0 Å². The minimum Gasteiger partial charge on any atom is -0.323 e. The van der Waals surface area contributed by atoms with Gasteiger partial charge in [-0.3, -0.25) is 9.48 Å². The van der Waals surface area contributed by atoms with Gasteiger partial charge in [0.05, 0.1) is 34.9 Å². The van der Waals surface area contributed by atoms with Crippen LogP contribution in [0.3, 0.4) is 0 Å². The van der Waals surface area contributed by atoms with Crippen molar-refractivity contribution in [2.45, 2.75) is 13.0 Å². The Kier molecular flexibility index (Phi) is 5.18. The third-order valence-corrected chi connectivity index (χ3v) is 4.19. The fourth-order valence-corrected chi connectivity index (χ4v) is 2.65. The van der Waals surface area contributed by atoms with Gasteiger partial charge in [0.1, 0.15) is 0 Å². The molecule has 4 nitrogen and oxygen atoms in total. The molecule has 122 valence electrons. The summed E-state index contributed by atoms with van der Waals surface area (Å²) in [4.78, 5) is 12.1. The van der Waals surface area contributed by atoms with E-state index >= 15 is 0 Å². The molecule has 1 aromatic heterocycles. The summed E-state index contributed by atoms with van der Waals surface area (Å²) in [6.07, 6.45) is 3.66. The summed E-state index contributed by atoms with van der Waals surface area (Å²) in [5.74, 6) is -0.132. The second-order valence-corrected chi connectivity index (χ2v) is 6.20. The van der Waals surface area contributed by atoms with Crippen molar-refractivity contribution in [3.63, 3.8) is 0 Å². The van der Waals surface area contributed by atoms with Gasteiger partial charge in [0.15, 0.2) is 0 Å². The van der Waals surface area contributed by atoms with Gasteiger partial charge < -0.3 is 5.32 Å². The second kappa shape index (κ2) is 7.51. The number of anilines is 1. The van der Waals surface area contributed by atoms with Gasteiger partial charge in [0.25, 0.3) is 0 Å². The van der Waals surface area contributed by atoms with Crippen molar-refractivity contribution < 1.29 is 4.79 Å². The van der Waals surface area contributed by atoms with Crippen LogP contribution in [0.4, 0.5) is 5.69 Å². The van der Waals surface area contributed by atoms with Gasteiger partial charge in [0, 0.05) is 6.20 Å². The molecule has 24 heavy (non-hydrogen) atoms. The van der Waals surface area contributed by atoms with Crippen LogP contribution in [-0.4, -0.2) is 15.7 Å². The van der Waals surface area contributed by atoms with Crippen molar-refractivity contribution in [2.24, 2.45) is 0 Å². The number of rotatable bonds is 5. The fraction of sp³-hybridized carbons (Fsp3) is 0.111. The van der Waals surface area contributed by atoms with E-state index in [0.29, 0.717) is 22.3 Å². The summed E-state index contributed by atoms with van der Waals surface area (Å²) in [6.45, 7) is 0.656. The van der Waals surface area contributed by atoms with Gasteiger partial charge in [-0.25, -0.2) is 0 Å². The highest BCUT2D eigenvalue weighted by atomic mass is 35.5. The molecule has 0 saturated carbocycles. The summed E-state index contributed by atoms with van der Waals surface area (Å²) in [5, 5.41) is 8.01. The molecule has 3 aromatic rings. The number of amides is 1. The molecule has 6 heteroatoms. The Labute approximate surface area is 150 Å². The van der Waals surface area contributed by atoms with Crippen LogP contribution in [0.2, 0.25) is 10.0 Å². The molecular weight excluding hydrogens is 345 g/mol. The summed E-state index contributed by atoms with van der Waals surface area (Å²) in [7, 11) is 0. The van der Waals surface area contributed by atoms with E-state index in [1.807, 2.05) is 30.3 Å². The molecule has 0 unspecified atom stereocenters. The standard InChI is InChI=1S/C18H15Cl2N3O/c19-16-7-6-14(8-17(16)20)9-18(24)22-15-10-21-23(12-15)11-13-4-2-1-3-5-13/h1-8,10,12H,9,11H2,(H,22,24). The smallest absolute Gasteiger partial charge is 0.228 e. The first-order valence-corrected chi connectivity index (χ1v) is 8.16. The predicted octanol–water partition coefficient (Wildman–Crippen LogP) is 4.42. The van der Waals surface area contributed by atoms with Crippen molar-refractivity contribution >= 4 is 34.8 Å². The summed E-state index contributed by atoms with van der Waals surface area (Å²) >= 11 is 11.8. The molecule has 0 saturated heterocycles. The van der Waals surface area contributed by atoms with Crippen LogP contribution in [0.25, 0.3) is 0 Å². The van der Waals surface area contributed by atoms with Crippen LogP contribution in [0, 0.1) is 0 Å². The molecule has 0 bridgehead atoms. The molecule has 1 amide bonds. The monoisotopic (exact) mass is 359 g/mol. The maximum atomic E-state index is 12.1. The van der Waals surface area contributed by atoms with E-state index in [2.05, 4.69) is 10.4 Å². The summed E-state index contributed by atoms with van der Waals surface area (Å²) in [6, 6.07) is 15.2. The van der Waals surface area contributed by atoms with Crippen LogP contribution >= 0.6 is 23.2 Å². The average molecular weight is 360 g/mol. The third kappa shape index (κ3) is 4.37. The summed E-state index contributed by atoms with van der Waals surface area (Å²) < 4.78 is 1.78. The highest BCUT2D eigenvalue weighted by molar-refractivity contribution is 6.42. The average Bonchev–Trinajstić information content (AvgIpc) is 2.99. The van der Waals surface area contributed by atoms with Gasteiger partial charge in [-0.15, -0.1) is 0 Å². The lowest BCUT2D eigenvalue weighted by Crippen LogP contribution is -2.14. The molecule has 0 atom stereocenters. The second-order valence-electron chi connectivity index (χ2n) is 5.39. The highest BCUT2D eigenvalue weighted by Crippen LogP contribution is 2.23. The maximum absolute atomic E-state index is 12.1. The van der Waals surface area contributed by atoms with Crippen molar-refractivity contribution in [1.29, 1.82) is 0 Å². The van der Waals surface area contributed by atoms with Gasteiger partial charge in [-0.05, 0) is 23.3 Å². The zero-order valence-corrected chi connectivity index (χ0v) is 14.3. The lowest BCUT2D eigenvalue weighted by Gasteiger charge is -2.04. The molecule has 0 aliphatic carbocycles. The van der Waals surface area contributed by atoms with Crippen molar-refractivity contribution in [1.82, 2.24) is 9.78 Å². The van der Waals surface area contributed by atoms with E-state index in [-0.39, 0.29) is 12.3 Å². The highest BCUT2D eigenvalue weighted by Gasteiger charge is 2.08. The predicted molar refractivity (Wildman–Crippen MR) is 96.6 cm³/mol. The van der Waals surface area contributed by atoms with E-state index in [4.69, 9.17) is 23.2 Å². The Morgan fingerprint density at radius 2 is 1.83 bits per heavy atom. The molecular formula is C18H15Cl2N3O. The Morgan fingerprint density at radius 3 is 2.58 bits per heavy atom. The number of carbonyl (C=O) groups is 1. The molecule has 2 aromatic carbocycles. The van der Waals surface area contributed by atoms with Gasteiger partial charge in [-0.2, -0.15) is 5.10 Å². The zero-order valence-electron chi connectivity index (χ0n) is 12.7. The van der Waals surface area contributed by atoms with Crippen LogP contribution in [-0.2, 0) is 17.8 Å². The fourth-order valence-electron chi connectivity index (χ4n) is 2.33. The number of benzene rings is 2. The van der Waals surface area contributed by atoms with Crippen LogP contribution in [0.5, 0.6) is 0 Å². The topological polar surface area (TPSA) is 46.9 Å². The van der Waals surface area contributed by atoms with Crippen molar-refractivity contribution in [3.8, 4) is 0 Å². The minimum atomic E-state index is -0.132. The maximum Gasteiger partial charge on any atom is 0.228 e. The van der Waals surface area contributed by atoms with Crippen molar-refractivity contribution in [3.05, 3.63) is 82.1 Å². The molecule has 0 spiro atoms. The molecule has 1 heterocycles. The van der Waals surface area contributed by atoms with Crippen LogP contribution < -0.4 is 5.32 Å². The number of nitrogens with zero attached hydrogens (tertiary/aromatic N) is 2. The number of nitrogens with one attached hydrogen (secondary N) is 1. The third-order valence-electron chi connectivity index (χ3n) is 3.45. The molecule has 0 aliphatic rings. The number of hydrogen-bond acceptors (Lipinski definition) is 2. The zero-order chi connectivity index (χ0) is 16.9. The number of hydrogen-bond donors (Lipinski definition) is 1. The van der Waals surface area contributed by atoms with Crippen LogP contribution in [0.1, 0.15) is 11.1 Å². The largest absolute Gasteiger partial charge is 0.323 e. The molecule has 1 N–H and O–H groups in total. The Morgan fingerprint density at radius 1 is 1.04 bits per heavy atom.